The number of amides is 5. The number of urea groups is 1. The summed E-state index contributed by atoms with van der Waals surface area (Å²) in [6.07, 6.45) is 2.28. The molecule has 210 valence electrons. The van der Waals surface area contributed by atoms with Crippen molar-refractivity contribution in [3.8, 4) is 0 Å². The monoisotopic (exact) mass is 545 g/mol. The zero-order chi connectivity index (χ0) is 28.9. The lowest BCUT2D eigenvalue weighted by Crippen LogP contribution is -2.39. The number of hydroxylamine groups is 1. The molecule has 5 amide bonds. The summed E-state index contributed by atoms with van der Waals surface area (Å²) in [7, 11) is 0. The van der Waals surface area contributed by atoms with Crippen LogP contribution in [0.4, 0.5) is 16.2 Å². The number of hydrogen-bond donors (Lipinski definition) is 6. The van der Waals surface area contributed by atoms with E-state index in [1.807, 2.05) is 38.1 Å². The van der Waals surface area contributed by atoms with E-state index in [0.29, 0.717) is 41.9 Å². The first-order valence-electron chi connectivity index (χ1n) is 13.1. The lowest BCUT2D eigenvalue weighted by atomic mass is 10.1. The van der Waals surface area contributed by atoms with Crippen molar-refractivity contribution in [2.75, 3.05) is 17.2 Å². The third-order valence-electron chi connectivity index (χ3n) is 6.06. The molecule has 10 nitrogen and oxygen atoms in total. The largest absolute Gasteiger partial charge is 0.352 e. The number of anilines is 2. The summed E-state index contributed by atoms with van der Waals surface area (Å²) in [5.41, 5.74) is 5.78. The molecule has 1 atom stereocenters. The molecule has 0 aliphatic heterocycles. The Morgan fingerprint density at radius 1 is 0.775 bits per heavy atom. The summed E-state index contributed by atoms with van der Waals surface area (Å²) in [6.45, 7) is 4.35. The van der Waals surface area contributed by atoms with Crippen molar-refractivity contribution in [3.05, 3.63) is 95.1 Å². The molecule has 3 aromatic rings. The van der Waals surface area contributed by atoms with Crippen LogP contribution in [0.1, 0.15) is 58.8 Å². The summed E-state index contributed by atoms with van der Waals surface area (Å²) in [6, 6.07) is 19.6. The van der Waals surface area contributed by atoms with Crippen molar-refractivity contribution < 1.29 is 24.4 Å². The van der Waals surface area contributed by atoms with Crippen LogP contribution in [0.2, 0.25) is 0 Å². The highest BCUT2D eigenvalue weighted by Gasteiger charge is 2.23. The van der Waals surface area contributed by atoms with Crippen molar-refractivity contribution >= 4 is 35.1 Å². The van der Waals surface area contributed by atoms with Crippen LogP contribution < -0.4 is 26.7 Å². The van der Waals surface area contributed by atoms with Gasteiger partial charge in [0.05, 0.1) is 0 Å². The summed E-state index contributed by atoms with van der Waals surface area (Å²) >= 11 is 0. The normalized spacial score (nSPS) is 11.2. The molecule has 0 aliphatic carbocycles. The molecule has 0 unspecified atom stereocenters. The van der Waals surface area contributed by atoms with Crippen LogP contribution in [0.15, 0.2) is 72.8 Å². The number of carbonyl (C=O) groups excluding carboxylic acids is 4. The first-order valence-corrected chi connectivity index (χ1v) is 13.1. The second-order valence-electron chi connectivity index (χ2n) is 9.49. The molecule has 0 aromatic heterocycles. The summed E-state index contributed by atoms with van der Waals surface area (Å²) < 4.78 is 0. The predicted octanol–water partition coefficient (Wildman–Crippen LogP) is 4.60. The Bertz CT molecular complexity index is 1290. The van der Waals surface area contributed by atoms with Crippen molar-refractivity contribution in [3.63, 3.8) is 0 Å². The van der Waals surface area contributed by atoms with Crippen molar-refractivity contribution in [1.29, 1.82) is 0 Å². The maximum absolute atomic E-state index is 13.2. The third-order valence-corrected chi connectivity index (χ3v) is 6.06. The molecule has 0 aliphatic rings. The van der Waals surface area contributed by atoms with Crippen LogP contribution >= 0.6 is 0 Å². The van der Waals surface area contributed by atoms with Gasteiger partial charge in [0.2, 0.25) is 5.91 Å². The lowest BCUT2D eigenvalue weighted by Gasteiger charge is -2.20. The standard InChI is InChI=1S/C30H35N5O5/c1-20-17-21(2)19-25(18-20)32-29(38)27(22-9-5-3-6-10-22)34-30(39)33-24-14-12-23(13-15-24)28(37)31-16-8-4-7-11-26(36)35-40/h3,5-6,9-10,12-15,17-19,27,40H,4,7-8,11,16H2,1-2H3,(H,31,37)(H,32,38)(H,35,36)(H2,33,34,39)/t27-/m0/s1. The second-order valence-corrected chi connectivity index (χ2v) is 9.49. The fraction of sp³-hybridized carbons (Fsp3) is 0.267. The summed E-state index contributed by atoms with van der Waals surface area (Å²) in [4.78, 5) is 49.4. The zero-order valence-corrected chi connectivity index (χ0v) is 22.6. The molecule has 40 heavy (non-hydrogen) atoms. The van der Waals surface area contributed by atoms with Gasteiger partial charge in [0.15, 0.2) is 0 Å². The smallest absolute Gasteiger partial charge is 0.320 e. The fourth-order valence-electron chi connectivity index (χ4n) is 4.16. The van der Waals surface area contributed by atoms with Crippen molar-refractivity contribution in [2.45, 2.75) is 45.6 Å². The van der Waals surface area contributed by atoms with Crippen LogP contribution in [0.5, 0.6) is 0 Å². The van der Waals surface area contributed by atoms with Crippen molar-refractivity contribution in [1.82, 2.24) is 16.1 Å². The SMILES string of the molecule is Cc1cc(C)cc(NC(=O)[C@@H](NC(=O)Nc2ccc(C(=O)NCCCCCC(=O)NO)cc2)c2ccccc2)c1. The van der Waals surface area contributed by atoms with Crippen LogP contribution in [-0.4, -0.2) is 35.5 Å². The second kappa shape index (κ2) is 15.0. The summed E-state index contributed by atoms with van der Waals surface area (Å²) in [5.74, 6) is -1.06. The number of hydrogen-bond acceptors (Lipinski definition) is 5. The molecule has 3 rings (SSSR count). The Morgan fingerprint density at radius 3 is 2.10 bits per heavy atom. The van der Waals surface area contributed by atoms with Gasteiger partial charge in [-0.2, -0.15) is 0 Å². The van der Waals surface area contributed by atoms with Gasteiger partial charge < -0.3 is 21.3 Å². The Morgan fingerprint density at radius 2 is 1.45 bits per heavy atom. The van der Waals surface area contributed by atoms with Gasteiger partial charge in [0.1, 0.15) is 6.04 Å². The van der Waals surface area contributed by atoms with E-state index < -0.39 is 18.0 Å². The van der Waals surface area contributed by atoms with Gasteiger partial charge in [-0.05, 0) is 79.8 Å². The average Bonchev–Trinajstić information content (AvgIpc) is 2.93. The van der Waals surface area contributed by atoms with Crippen LogP contribution in [-0.2, 0) is 9.59 Å². The molecule has 6 N–H and O–H groups in total. The molecule has 0 saturated heterocycles. The van der Waals surface area contributed by atoms with E-state index in [1.54, 1.807) is 54.0 Å². The number of unbranched alkanes of at least 4 members (excludes halogenated alkanes) is 2. The molecular formula is C30H35N5O5. The molecule has 0 radical (unpaired) electrons. The molecular weight excluding hydrogens is 510 g/mol. The van der Waals surface area contributed by atoms with E-state index in [9.17, 15) is 19.2 Å². The van der Waals surface area contributed by atoms with E-state index in [0.717, 1.165) is 17.5 Å². The zero-order valence-electron chi connectivity index (χ0n) is 22.6. The molecule has 0 heterocycles. The maximum Gasteiger partial charge on any atom is 0.320 e. The first-order chi connectivity index (χ1) is 19.2. The number of aryl methyl sites for hydroxylation is 2. The highest BCUT2D eigenvalue weighted by atomic mass is 16.5. The van der Waals surface area contributed by atoms with Crippen LogP contribution in [0, 0.1) is 13.8 Å². The fourth-order valence-corrected chi connectivity index (χ4v) is 4.16. The maximum atomic E-state index is 13.2. The Balaban J connectivity index is 1.55. The van der Waals surface area contributed by atoms with E-state index in [2.05, 4.69) is 21.3 Å². The number of rotatable bonds is 12. The minimum atomic E-state index is -0.940. The van der Waals surface area contributed by atoms with Crippen molar-refractivity contribution in [2.24, 2.45) is 0 Å². The van der Waals surface area contributed by atoms with Gasteiger partial charge in [-0.25, -0.2) is 10.3 Å². The van der Waals surface area contributed by atoms with Gasteiger partial charge in [-0.1, -0.05) is 42.8 Å². The number of nitrogens with one attached hydrogen (secondary N) is 5. The average molecular weight is 546 g/mol. The minimum Gasteiger partial charge on any atom is -0.352 e. The number of benzene rings is 3. The lowest BCUT2D eigenvalue weighted by molar-refractivity contribution is -0.129. The van der Waals surface area contributed by atoms with Gasteiger partial charge in [-0.15, -0.1) is 0 Å². The first kappa shape index (κ1) is 29.9. The minimum absolute atomic E-state index is 0.232. The molecule has 3 aromatic carbocycles. The van der Waals surface area contributed by atoms with E-state index in [1.165, 1.54) is 0 Å². The Labute approximate surface area is 233 Å². The van der Waals surface area contributed by atoms with E-state index in [-0.39, 0.29) is 18.2 Å². The van der Waals surface area contributed by atoms with Gasteiger partial charge in [0.25, 0.3) is 11.8 Å². The van der Waals surface area contributed by atoms with E-state index in [4.69, 9.17) is 5.21 Å². The third kappa shape index (κ3) is 9.55. The number of carbonyl (C=O) groups is 4. The quantitative estimate of drug-likeness (QED) is 0.112. The van der Waals surface area contributed by atoms with E-state index >= 15 is 0 Å². The highest BCUT2D eigenvalue weighted by molar-refractivity contribution is 6.00. The molecule has 10 heteroatoms. The molecule has 0 saturated carbocycles. The molecule has 0 spiro atoms. The topological polar surface area (TPSA) is 149 Å². The Kier molecular flexibility index (Phi) is 11.2. The van der Waals surface area contributed by atoms with Gasteiger partial charge in [0, 0.05) is 29.9 Å². The molecule has 0 fully saturated rings. The predicted molar refractivity (Wildman–Crippen MR) is 153 cm³/mol. The summed E-state index contributed by atoms with van der Waals surface area (Å²) in [5, 5.41) is 19.6. The van der Waals surface area contributed by atoms with Gasteiger partial charge in [-0.3, -0.25) is 19.6 Å². The van der Waals surface area contributed by atoms with Crippen LogP contribution in [0.25, 0.3) is 0 Å². The molecule has 0 bridgehead atoms. The Hall–Kier alpha value is -4.70. The highest BCUT2D eigenvalue weighted by Crippen LogP contribution is 2.19. The van der Waals surface area contributed by atoms with Crippen LogP contribution in [0.3, 0.4) is 0 Å². The van der Waals surface area contributed by atoms with Gasteiger partial charge >= 0.3 is 6.03 Å².